The van der Waals surface area contributed by atoms with Crippen molar-refractivity contribution in [2.24, 2.45) is 5.92 Å². The van der Waals surface area contributed by atoms with Crippen molar-refractivity contribution in [1.82, 2.24) is 0 Å². The molecule has 17 nitrogen and oxygen atoms in total. The molecule has 0 saturated carbocycles. The van der Waals surface area contributed by atoms with Gasteiger partial charge in [0.25, 0.3) is 0 Å². The Kier molecular flexibility index (Phi) is 80.2. The van der Waals surface area contributed by atoms with E-state index in [0.717, 1.165) is 95.8 Å². The van der Waals surface area contributed by atoms with Crippen molar-refractivity contribution >= 4 is 39.5 Å². The fourth-order valence-corrected chi connectivity index (χ4v) is 15.6. The standard InChI is InChI=1S/C89H174O17P2/c1-6-9-12-15-18-21-24-27-29-30-31-32-33-34-35-39-45-50-55-60-65-70-75-89(94)106-85(79-100-87(92)73-68-63-58-53-48-43-40-36-38-42-46-51-56-61-66-71-82(4)5)81-104-108(97,98)102-77-83(90)76-101-107(95,96)103-80-84(78-99-86(91)72-67-62-57-52-47-41-26-23-20-17-14-11-8-3)105-88(93)74-69-64-59-54-49-44-37-28-25-22-19-16-13-10-7-2/h82-85,90H,6-81H2,1-5H3,(H,95,96)(H,97,98)/t83-,84+,85+/m0/s1. The van der Waals surface area contributed by atoms with Crippen molar-refractivity contribution in [2.45, 2.75) is 502 Å². The van der Waals surface area contributed by atoms with E-state index in [-0.39, 0.29) is 25.7 Å². The van der Waals surface area contributed by atoms with Gasteiger partial charge < -0.3 is 33.8 Å². The molecule has 0 aromatic carbocycles. The number of aliphatic hydroxyl groups is 1. The Morgan fingerprint density at radius 3 is 0.630 bits per heavy atom. The first-order chi connectivity index (χ1) is 52.5. The van der Waals surface area contributed by atoms with Gasteiger partial charge in [-0.3, -0.25) is 37.3 Å². The second-order valence-corrected chi connectivity index (χ2v) is 35.4. The van der Waals surface area contributed by atoms with Crippen molar-refractivity contribution in [3.63, 3.8) is 0 Å². The van der Waals surface area contributed by atoms with Crippen LogP contribution in [0.3, 0.4) is 0 Å². The molecule has 0 amide bonds. The third-order valence-corrected chi connectivity index (χ3v) is 22.9. The molecule has 3 N–H and O–H groups in total. The van der Waals surface area contributed by atoms with E-state index in [1.54, 1.807) is 0 Å². The molecule has 5 atom stereocenters. The maximum atomic E-state index is 13.2. The van der Waals surface area contributed by atoms with Gasteiger partial charge >= 0.3 is 39.5 Å². The number of ether oxygens (including phenoxy) is 4. The highest BCUT2D eigenvalue weighted by molar-refractivity contribution is 7.47. The van der Waals surface area contributed by atoms with Crippen LogP contribution < -0.4 is 0 Å². The van der Waals surface area contributed by atoms with E-state index in [4.69, 9.17) is 37.0 Å². The van der Waals surface area contributed by atoms with Crippen LogP contribution in [0.15, 0.2) is 0 Å². The van der Waals surface area contributed by atoms with Gasteiger partial charge in [0, 0.05) is 25.7 Å². The van der Waals surface area contributed by atoms with Crippen molar-refractivity contribution in [3.05, 3.63) is 0 Å². The average Bonchev–Trinajstić information content (AvgIpc) is 0.899. The number of unbranched alkanes of at least 4 members (excludes halogenated alkanes) is 61. The fraction of sp³-hybridized carbons (Fsp3) is 0.955. The molecule has 0 aromatic rings. The summed E-state index contributed by atoms with van der Waals surface area (Å²) in [6, 6.07) is 0. The number of phosphoric ester groups is 2. The highest BCUT2D eigenvalue weighted by Crippen LogP contribution is 2.45. The van der Waals surface area contributed by atoms with Crippen LogP contribution in [-0.4, -0.2) is 96.7 Å². The van der Waals surface area contributed by atoms with Crippen LogP contribution in [0.1, 0.15) is 484 Å². The number of carbonyl (C=O) groups is 4. The van der Waals surface area contributed by atoms with E-state index in [2.05, 4.69) is 34.6 Å². The average molecular weight is 1580 g/mol. The topological polar surface area (TPSA) is 237 Å². The molecule has 0 aliphatic carbocycles. The minimum atomic E-state index is -4.97. The van der Waals surface area contributed by atoms with Gasteiger partial charge in [-0.15, -0.1) is 0 Å². The normalized spacial score (nSPS) is 13.7. The summed E-state index contributed by atoms with van der Waals surface area (Å²) in [4.78, 5) is 73.4. The molecule has 2 unspecified atom stereocenters. The summed E-state index contributed by atoms with van der Waals surface area (Å²) in [5.41, 5.74) is 0. The second kappa shape index (κ2) is 81.6. The summed E-state index contributed by atoms with van der Waals surface area (Å²) in [6.07, 6.45) is 76.3. The van der Waals surface area contributed by atoms with Crippen LogP contribution in [0, 0.1) is 5.92 Å². The molecule has 0 heterocycles. The van der Waals surface area contributed by atoms with E-state index in [1.165, 1.54) is 308 Å². The predicted octanol–water partition coefficient (Wildman–Crippen LogP) is 27.5. The first kappa shape index (κ1) is 106. The van der Waals surface area contributed by atoms with Gasteiger partial charge in [0.1, 0.15) is 19.3 Å². The van der Waals surface area contributed by atoms with Gasteiger partial charge in [0.05, 0.1) is 26.4 Å². The third kappa shape index (κ3) is 82.1. The Morgan fingerprint density at radius 2 is 0.426 bits per heavy atom. The molecule has 0 rings (SSSR count). The van der Waals surface area contributed by atoms with Gasteiger partial charge in [-0.1, -0.05) is 433 Å². The molecule has 19 heteroatoms. The largest absolute Gasteiger partial charge is 0.472 e. The van der Waals surface area contributed by atoms with Crippen LogP contribution in [0.4, 0.5) is 0 Å². The van der Waals surface area contributed by atoms with Crippen LogP contribution in [0.25, 0.3) is 0 Å². The first-order valence-electron chi connectivity index (χ1n) is 46.1. The van der Waals surface area contributed by atoms with Crippen LogP contribution in [0.5, 0.6) is 0 Å². The number of hydrogen-bond donors (Lipinski definition) is 3. The van der Waals surface area contributed by atoms with Crippen molar-refractivity contribution < 1.29 is 80.2 Å². The lowest BCUT2D eigenvalue weighted by Gasteiger charge is -2.21. The van der Waals surface area contributed by atoms with Crippen LogP contribution in [0.2, 0.25) is 0 Å². The number of rotatable bonds is 89. The van der Waals surface area contributed by atoms with Gasteiger partial charge in [0.15, 0.2) is 12.2 Å². The smallest absolute Gasteiger partial charge is 0.462 e. The number of esters is 4. The summed E-state index contributed by atoms with van der Waals surface area (Å²) >= 11 is 0. The van der Waals surface area contributed by atoms with Gasteiger partial charge in [0.2, 0.25) is 0 Å². The lowest BCUT2D eigenvalue weighted by molar-refractivity contribution is -0.161. The van der Waals surface area contributed by atoms with E-state index in [1.807, 2.05) is 0 Å². The summed E-state index contributed by atoms with van der Waals surface area (Å²) in [5, 5.41) is 10.7. The Bertz CT molecular complexity index is 2050. The van der Waals surface area contributed by atoms with Crippen molar-refractivity contribution in [3.8, 4) is 0 Å². The zero-order valence-electron chi connectivity index (χ0n) is 71.0. The fourth-order valence-electron chi connectivity index (χ4n) is 14.0. The maximum absolute atomic E-state index is 13.2. The third-order valence-electron chi connectivity index (χ3n) is 21.0. The van der Waals surface area contributed by atoms with E-state index >= 15 is 0 Å². The summed E-state index contributed by atoms with van der Waals surface area (Å²) in [5.74, 6) is -1.29. The first-order valence-corrected chi connectivity index (χ1v) is 49.1. The molecule has 0 bridgehead atoms. The van der Waals surface area contributed by atoms with Crippen molar-refractivity contribution in [2.75, 3.05) is 39.6 Å². The summed E-state index contributed by atoms with van der Waals surface area (Å²) in [6.45, 7) is 7.42. The van der Waals surface area contributed by atoms with Gasteiger partial charge in [-0.2, -0.15) is 0 Å². The maximum Gasteiger partial charge on any atom is 0.472 e. The Labute approximate surface area is 664 Å². The molecule has 108 heavy (non-hydrogen) atoms. The SMILES string of the molecule is CCCCCCCCCCCCCCCCCCCCCCCCC(=O)O[C@H](COC(=O)CCCCCCCCCCCCCCCCCC(C)C)COP(=O)(O)OC[C@@H](O)COP(=O)(O)OC[C@@H](COC(=O)CCCCCCCCCCCCCCC)OC(=O)CCCCCCCCCCCCCCCCC. The number of aliphatic hydroxyl groups excluding tert-OH is 1. The molecular weight excluding hydrogens is 1400 g/mol. The summed E-state index contributed by atoms with van der Waals surface area (Å²) < 4.78 is 69.0. The molecule has 0 aliphatic rings. The quantitative estimate of drug-likeness (QED) is 0.0222. The zero-order valence-corrected chi connectivity index (χ0v) is 72.8. The lowest BCUT2D eigenvalue weighted by Crippen LogP contribution is -2.30. The molecule has 0 aromatic heterocycles. The zero-order chi connectivity index (χ0) is 79.0. The van der Waals surface area contributed by atoms with E-state index < -0.39 is 97.5 Å². The highest BCUT2D eigenvalue weighted by atomic mass is 31.2. The highest BCUT2D eigenvalue weighted by Gasteiger charge is 2.30. The predicted molar refractivity (Wildman–Crippen MR) is 446 cm³/mol. The molecule has 0 fully saturated rings. The molecule has 0 spiro atoms. The minimum Gasteiger partial charge on any atom is -0.462 e. The number of carbonyl (C=O) groups excluding carboxylic acids is 4. The monoisotopic (exact) mass is 1580 g/mol. The van der Waals surface area contributed by atoms with Crippen LogP contribution >= 0.6 is 15.6 Å². The van der Waals surface area contributed by atoms with Crippen LogP contribution in [-0.2, 0) is 65.4 Å². The number of phosphoric acid groups is 2. The van der Waals surface area contributed by atoms with E-state index in [9.17, 15) is 43.2 Å². The molecule has 0 radical (unpaired) electrons. The lowest BCUT2D eigenvalue weighted by atomic mass is 10.0. The Hall–Kier alpha value is -1.94. The summed E-state index contributed by atoms with van der Waals surface area (Å²) in [7, 11) is -9.93. The molecule has 642 valence electrons. The molecular formula is C89H174O17P2. The second-order valence-electron chi connectivity index (χ2n) is 32.5. The van der Waals surface area contributed by atoms with E-state index in [0.29, 0.717) is 25.7 Å². The Balaban J connectivity index is 5.24. The minimum absolute atomic E-state index is 0.109. The van der Waals surface area contributed by atoms with Crippen molar-refractivity contribution in [1.29, 1.82) is 0 Å². The van der Waals surface area contributed by atoms with Gasteiger partial charge in [-0.25, -0.2) is 9.13 Å². The number of hydrogen-bond acceptors (Lipinski definition) is 15. The molecule has 0 aliphatic heterocycles. The van der Waals surface area contributed by atoms with Gasteiger partial charge in [-0.05, 0) is 31.6 Å². The molecule has 0 saturated heterocycles. The Morgan fingerprint density at radius 1 is 0.250 bits per heavy atom.